The molecule has 0 atom stereocenters. The summed E-state index contributed by atoms with van der Waals surface area (Å²) in [5, 5.41) is 3.66. The highest BCUT2D eigenvalue weighted by Gasteiger charge is 2.17. The van der Waals surface area contributed by atoms with E-state index in [9.17, 15) is 0 Å². The molecule has 0 fully saturated rings. The lowest BCUT2D eigenvalue weighted by Crippen LogP contribution is -1.98. The van der Waals surface area contributed by atoms with Gasteiger partial charge in [-0.3, -0.25) is 4.98 Å². The Morgan fingerprint density at radius 1 is 0.618 bits per heavy atom. The molecule has 160 valence electrons. The molecule has 0 amide bonds. The fourth-order valence-electron chi connectivity index (χ4n) is 4.97. The van der Waals surface area contributed by atoms with E-state index in [2.05, 4.69) is 105 Å². The van der Waals surface area contributed by atoms with Crippen LogP contribution in [0, 0.1) is 0 Å². The predicted molar refractivity (Wildman–Crippen MR) is 139 cm³/mol. The summed E-state index contributed by atoms with van der Waals surface area (Å²) in [5.41, 5.74) is 6.69. The molecular weight excluding hydrogens is 416 g/mol. The average molecular weight is 437 g/mol. The first-order valence-electron chi connectivity index (χ1n) is 11.3. The standard InChI is InChI=1S/C30H20N4/c1-2-7-23(8-3-1)34-26-11-5-4-9-24(26)29-27(34)14-13-22-17-20-33(30(22)29)28-12-6-10-25(32-28)21-15-18-31-19-16-21/h1-20H. The normalized spacial score (nSPS) is 11.5. The fourth-order valence-corrected chi connectivity index (χ4v) is 4.97. The monoisotopic (exact) mass is 436 g/mol. The van der Waals surface area contributed by atoms with E-state index in [0.29, 0.717) is 0 Å². The largest absolute Gasteiger partial charge is 0.309 e. The van der Waals surface area contributed by atoms with Crippen molar-refractivity contribution < 1.29 is 0 Å². The van der Waals surface area contributed by atoms with Gasteiger partial charge in [0.1, 0.15) is 5.82 Å². The van der Waals surface area contributed by atoms with Crippen molar-refractivity contribution in [1.82, 2.24) is 19.1 Å². The van der Waals surface area contributed by atoms with Crippen LogP contribution in [0.25, 0.3) is 55.5 Å². The van der Waals surface area contributed by atoms with Crippen LogP contribution in [0.1, 0.15) is 0 Å². The molecule has 0 saturated heterocycles. The second-order valence-electron chi connectivity index (χ2n) is 8.39. The second kappa shape index (κ2) is 7.42. The van der Waals surface area contributed by atoms with Gasteiger partial charge >= 0.3 is 0 Å². The minimum atomic E-state index is 0.897. The van der Waals surface area contributed by atoms with E-state index in [-0.39, 0.29) is 0 Å². The SMILES string of the molecule is c1ccc(-n2c3ccccc3c3c4c(ccc32)ccn4-c2cccc(-c3ccncc3)n2)cc1. The highest BCUT2D eigenvalue weighted by molar-refractivity contribution is 6.20. The van der Waals surface area contributed by atoms with Crippen LogP contribution in [0.4, 0.5) is 0 Å². The van der Waals surface area contributed by atoms with Gasteiger partial charge in [-0.2, -0.15) is 0 Å². The van der Waals surface area contributed by atoms with Gasteiger partial charge in [-0.05, 0) is 54.6 Å². The van der Waals surface area contributed by atoms with Crippen LogP contribution in [0.15, 0.2) is 122 Å². The molecule has 0 unspecified atom stereocenters. The van der Waals surface area contributed by atoms with Gasteiger partial charge in [-0.25, -0.2) is 4.98 Å². The number of para-hydroxylation sites is 2. The Hall–Kier alpha value is -4.70. The molecule has 3 aromatic carbocycles. The number of pyridine rings is 2. The van der Waals surface area contributed by atoms with Crippen LogP contribution >= 0.6 is 0 Å². The minimum Gasteiger partial charge on any atom is -0.309 e. The maximum atomic E-state index is 5.02. The quantitative estimate of drug-likeness (QED) is 0.294. The van der Waals surface area contributed by atoms with E-state index in [4.69, 9.17) is 4.98 Å². The second-order valence-corrected chi connectivity index (χ2v) is 8.39. The molecule has 0 N–H and O–H groups in total. The van der Waals surface area contributed by atoms with Crippen LogP contribution in [-0.4, -0.2) is 19.1 Å². The third kappa shape index (κ3) is 2.79. The van der Waals surface area contributed by atoms with E-state index in [0.717, 1.165) is 22.8 Å². The molecule has 0 aliphatic carbocycles. The number of fused-ring (bicyclic) bond motifs is 5. The van der Waals surface area contributed by atoms with Crippen molar-refractivity contribution in [3.05, 3.63) is 122 Å². The third-order valence-electron chi connectivity index (χ3n) is 6.46. The van der Waals surface area contributed by atoms with Crippen LogP contribution in [0.5, 0.6) is 0 Å². The highest BCUT2D eigenvalue weighted by Crippen LogP contribution is 2.38. The van der Waals surface area contributed by atoms with E-state index >= 15 is 0 Å². The summed E-state index contributed by atoms with van der Waals surface area (Å²) in [5.74, 6) is 0.897. The summed E-state index contributed by atoms with van der Waals surface area (Å²) in [6.45, 7) is 0. The first kappa shape index (κ1) is 18.8. The maximum Gasteiger partial charge on any atom is 0.137 e. The van der Waals surface area contributed by atoms with Gasteiger partial charge in [0.05, 0.1) is 22.2 Å². The van der Waals surface area contributed by atoms with Crippen molar-refractivity contribution in [2.24, 2.45) is 0 Å². The fraction of sp³-hybridized carbons (Fsp3) is 0. The molecule has 4 heteroatoms. The summed E-state index contributed by atoms with van der Waals surface area (Å²) in [4.78, 5) is 9.16. The first-order valence-corrected chi connectivity index (χ1v) is 11.3. The zero-order valence-corrected chi connectivity index (χ0v) is 18.3. The molecule has 7 aromatic rings. The van der Waals surface area contributed by atoms with Crippen LogP contribution in [-0.2, 0) is 0 Å². The Morgan fingerprint density at radius 3 is 2.32 bits per heavy atom. The molecule has 7 rings (SSSR count). The van der Waals surface area contributed by atoms with E-state index in [1.165, 1.54) is 32.7 Å². The van der Waals surface area contributed by atoms with Crippen molar-refractivity contribution >= 4 is 32.7 Å². The lowest BCUT2D eigenvalue weighted by Gasteiger charge is -2.10. The number of nitrogens with zero attached hydrogens (tertiary/aromatic N) is 4. The minimum absolute atomic E-state index is 0.897. The lowest BCUT2D eigenvalue weighted by molar-refractivity contribution is 1.05. The van der Waals surface area contributed by atoms with Gasteiger partial charge < -0.3 is 9.13 Å². The van der Waals surface area contributed by atoms with Crippen molar-refractivity contribution in [2.75, 3.05) is 0 Å². The molecule has 4 heterocycles. The molecule has 4 aromatic heterocycles. The Kier molecular flexibility index (Phi) is 4.11. The summed E-state index contributed by atoms with van der Waals surface area (Å²) in [6, 6.07) is 36.0. The molecule has 34 heavy (non-hydrogen) atoms. The third-order valence-corrected chi connectivity index (χ3v) is 6.46. The van der Waals surface area contributed by atoms with Gasteiger partial charge in [0, 0.05) is 46.0 Å². The number of aromatic nitrogens is 4. The first-order chi connectivity index (χ1) is 16.9. The molecule has 4 nitrogen and oxygen atoms in total. The van der Waals surface area contributed by atoms with Crippen LogP contribution < -0.4 is 0 Å². The van der Waals surface area contributed by atoms with E-state index in [1.54, 1.807) is 12.4 Å². The summed E-state index contributed by atoms with van der Waals surface area (Å²) < 4.78 is 4.56. The van der Waals surface area contributed by atoms with Crippen molar-refractivity contribution in [1.29, 1.82) is 0 Å². The summed E-state index contributed by atoms with van der Waals surface area (Å²) in [6.07, 6.45) is 5.73. The molecule has 0 aliphatic rings. The molecule has 0 spiro atoms. The van der Waals surface area contributed by atoms with Crippen molar-refractivity contribution in [3.8, 4) is 22.8 Å². The van der Waals surface area contributed by atoms with Crippen LogP contribution in [0.2, 0.25) is 0 Å². The van der Waals surface area contributed by atoms with Gasteiger partial charge in [-0.15, -0.1) is 0 Å². The predicted octanol–water partition coefficient (Wildman–Crippen LogP) is 7.18. The Balaban J connectivity index is 1.55. The highest BCUT2D eigenvalue weighted by atomic mass is 15.1. The lowest BCUT2D eigenvalue weighted by atomic mass is 10.1. The van der Waals surface area contributed by atoms with Crippen molar-refractivity contribution in [2.45, 2.75) is 0 Å². The molecule has 0 radical (unpaired) electrons. The maximum absolute atomic E-state index is 5.02. The molecule has 0 aliphatic heterocycles. The van der Waals surface area contributed by atoms with Gasteiger partial charge in [-0.1, -0.05) is 48.5 Å². The topological polar surface area (TPSA) is 35.6 Å². The van der Waals surface area contributed by atoms with Crippen LogP contribution in [0.3, 0.4) is 0 Å². The Morgan fingerprint density at radius 2 is 1.44 bits per heavy atom. The average Bonchev–Trinajstić information content (AvgIpc) is 3.49. The zero-order valence-electron chi connectivity index (χ0n) is 18.3. The van der Waals surface area contributed by atoms with Crippen molar-refractivity contribution in [3.63, 3.8) is 0 Å². The Bertz CT molecular complexity index is 1790. The summed E-state index contributed by atoms with van der Waals surface area (Å²) >= 11 is 0. The Labute approximate surface area is 196 Å². The zero-order chi connectivity index (χ0) is 22.5. The number of benzene rings is 3. The van der Waals surface area contributed by atoms with Gasteiger partial charge in [0.15, 0.2) is 0 Å². The van der Waals surface area contributed by atoms with Gasteiger partial charge in [0.25, 0.3) is 0 Å². The molecular formula is C30H20N4. The number of hydrogen-bond donors (Lipinski definition) is 0. The smallest absolute Gasteiger partial charge is 0.137 e. The van der Waals surface area contributed by atoms with E-state index < -0.39 is 0 Å². The number of hydrogen-bond acceptors (Lipinski definition) is 2. The van der Waals surface area contributed by atoms with Gasteiger partial charge in [0.2, 0.25) is 0 Å². The summed E-state index contributed by atoms with van der Waals surface area (Å²) in [7, 11) is 0. The van der Waals surface area contributed by atoms with E-state index in [1.807, 2.05) is 18.2 Å². The number of rotatable bonds is 3. The molecule has 0 saturated carbocycles. The molecule has 0 bridgehead atoms.